The zero-order valence-electron chi connectivity index (χ0n) is 15.5. The third-order valence-corrected chi connectivity index (χ3v) is 3.98. The summed E-state index contributed by atoms with van der Waals surface area (Å²) in [6, 6.07) is 26.1. The molecule has 3 aromatic rings. The van der Waals surface area contributed by atoms with Crippen LogP contribution in [0.1, 0.15) is 16.7 Å². The van der Waals surface area contributed by atoms with Crippen molar-refractivity contribution in [2.45, 2.75) is 6.92 Å². The Bertz CT molecular complexity index is 1020. The molecule has 0 bridgehead atoms. The maximum atomic E-state index is 12.0. The highest BCUT2D eigenvalue weighted by Gasteiger charge is 2.07. The summed E-state index contributed by atoms with van der Waals surface area (Å²) in [7, 11) is 0. The van der Waals surface area contributed by atoms with Gasteiger partial charge in [0.15, 0.2) is 6.61 Å². The highest BCUT2D eigenvalue weighted by molar-refractivity contribution is 5.89. The molecular weight excluding hydrogens is 350 g/mol. The van der Waals surface area contributed by atoms with Crippen molar-refractivity contribution in [3.05, 3.63) is 95.6 Å². The predicted molar refractivity (Wildman–Crippen MR) is 109 cm³/mol. The van der Waals surface area contributed by atoms with Gasteiger partial charge >= 0.3 is 5.97 Å². The van der Waals surface area contributed by atoms with Crippen LogP contribution in [0.5, 0.6) is 11.5 Å². The van der Waals surface area contributed by atoms with Crippen molar-refractivity contribution >= 4 is 17.6 Å². The van der Waals surface area contributed by atoms with E-state index in [1.807, 2.05) is 55.5 Å². The summed E-state index contributed by atoms with van der Waals surface area (Å²) in [4.78, 5) is 12.0. The topological polar surface area (TPSA) is 59.3 Å². The van der Waals surface area contributed by atoms with Crippen LogP contribution in [-0.4, -0.2) is 12.6 Å². The molecule has 4 nitrogen and oxygen atoms in total. The van der Waals surface area contributed by atoms with E-state index in [0.717, 1.165) is 16.7 Å². The fourth-order valence-electron chi connectivity index (χ4n) is 2.57. The van der Waals surface area contributed by atoms with Gasteiger partial charge in [-0.15, -0.1) is 0 Å². The summed E-state index contributed by atoms with van der Waals surface area (Å²) < 4.78 is 10.8. The molecule has 0 atom stereocenters. The predicted octanol–water partition coefficient (Wildman–Crippen LogP) is 5.04. The van der Waals surface area contributed by atoms with Crippen molar-refractivity contribution in [2.75, 3.05) is 6.61 Å². The summed E-state index contributed by atoms with van der Waals surface area (Å²) in [5.74, 6) is 0.516. The number of hydrogen-bond donors (Lipinski definition) is 0. The molecule has 0 aliphatic carbocycles. The fourth-order valence-corrected chi connectivity index (χ4v) is 2.57. The van der Waals surface area contributed by atoms with Gasteiger partial charge in [0, 0.05) is 0 Å². The Morgan fingerprint density at radius 1 is 0.964 bits per heavy atom. The lowest BCUT2D eigenvalue weighted by molar-refractivity contribution is -0.136. The summed E-state index contributed by atoms with van der Waals surface area (Å²) in [6.45, 7) is 1.80. The van der Waals surface area contributed by atoms with Gasteiger partial charge in [0.1, 0.15) is 11.5 Å². The van der Waals surface area contributed by atoms with E-state index in [1.165, 1.54) is 0 Å². The fraction of sp³-hybridized carbons (Fsp3) is 0.0833. The largest absolute Gasteiger partial charge is 0.482 e. The standard InChI is InChI=1S/C24H19NO3/c1-18-10-12-22(13-11-18)27-17-24(26)28-23-9-5-6-19(15-23)14-21(16-25)20-7-3-2-4-8-20/h2-15H,17H2,1H3/b21-14-. The van der Waals surface area contributed by atoms with E-state index in [-0.39, 0.29) is 6.61 Å². The zero-order valence-corrected chi connectivity index (χ0v) is 15.5. The van der Waals surface area contributed by atoms with Gasteiger partial charge in [0.25, 0.3) is 0 Å². The average Bonchev–Trinajstić information content (AvgIpc) is 2.72. The third-order valence-electron chi connectivity index (χ3n) is 3.98. The lowest BCUT2D eigenvalue weighted by Gasteiger charge is -2.08. The number of hydrogen-bond acceptors (Lipinski definition) is 4. The molecule has 0 radical (unpaired) electrons. The highest BCUT2D eigenvalue weighted by Crippen LogP contribution is 2.21. The number of carbonyl (C=O) groups is 1. The minimum atomic E-state index is -0.495. The number of nitriles is 1. The van der Waals surface area contributed by atoms with E-state index >= 15 is 0 Å². The molecule has 3 aromatic carbocycles. The first-order chi connectivity index (χ1) is 13.6. The van der Waals surface area contributed by atoms with E-state index in [1.54, 1.807) is 36.4 Å². The van der Waals surface area contributed by atoms with Gasteiger partial charge in [-0.05, 0) is 48.4 Å². The molecule has 0 aliphatic heterocycles. The molecule has 4 heteroatoms. The van der Waals surface area contributed by atoms with Crippen LogP contribution in [0.3, 0.4) is 0 Å². The molecule has 0 saturated carbocycles. The Morgan fingerprint density at radius 2 is 1.71 bits per heavy atom. The van der Waals surface area contributed by atoms with Gasteiger partial charge in [-0.3, -0.25) is 0 Å². The number of ether oxygens (including phenoxy) is 2. The van der Waals surface area contributed by atoms with E-state index in [4.69, 9.17) is 9.47 Å². The lowest BCUT2D eigenvalue weighted by Crippen LogP contribution is -2.17. The molecule has 0 aliphatic rings. The lowest BCUT2D eigenvalue weighted by atomic mass is 10.0. The second-order valence-electron chi connectivity index (χ2n) is 6.18. The van der Waals surface area contributed by atoms with E-state index < -0.39 is 5.97 Å². The Labute approximate surface area is 164 Å². The SMILES string of the molecule is Cc1ccc(OCC(=O)Oc2cccc(/C=C(/C#N)c3ccccc3)c2)cc1. The van der Waals surface area contributed by atoms with E-state index in [0.29, 0.717) is 17.1 Å². The number of aryl methyl sites for hydroxylation is 1. The molecule has 138 valence electrons. The van der Waals surface area contributed by atoms with Crippen LogP contribution in [0.25, 0.3) is 11.6 Å². The number of esters is 1. The van der Waals surface area contributed by atoms with E-state index in [9.17, 15) is 10.1 Å². The van der Waals surface area contributed by atoms with Crippen molar-refractivity contribution in [3.8, 4) is 17.6 Å². The Balaban J connectivity index is 1.66. The number of carbonyl (C=O) groups excluding carboxylic acids is 1. The van der Waals surface area contributed by atoms with Crippen molar-refractivity contribution in [2.24, 2.45) is 0 Å². The van der Waals surface area contributed by atoms with Crippen molar-refractivity contribution in [1.29, 1.82) is 5.26 Å². The normalized spacial score (nSPS) is 10.8. The second kappa shape index (κ2) is 9.20. The molecule has 0 amide bonds. The Kier molecular flexibility index (Phi) is 6.22. The van der Waals surface area contributed by atoms with Crippen molar-refractivity contribution in [1.82, 2.24) is 0 Å². The van der Waals surface area contributed by atoms with Crippen LogP contribution in [-0.2, 0) is 4.79 Å². The number of allylic oxidation sites excluding steroid dienone is 1. The molecule has 0 saturated heterocycles. The second-order valence-corrected chi connectivity index (χ2v) is 6.18. The summed E-state index contributed by atoms with van der Waals surface area (Å²) >= 11 is 0. The van der Waals surface area contributed by atoms with Crippen LogP contribution < -0.4 is 9.47 Å². The minimum absolute atomic E-state index is 0.184. The maximum absolute atomic E-state index is 12.0. The molecule has 0 unspecified atom stereocenters. The quantitative estimate of drug-likeness (QED) is 0.264. The smallest absolute Gasteiger partial charge is 0.349 e. The molecule has 3 rings (SSSR count). The van der Waals surface area contributed by atoms with Crippen LogP contribution in [0, 0.1) is 18.3 Å². The van der Waals surface area contributed by atoms with Gasteiger partial charge < -0.3 is 9.47 Å². The third kappa shape index (κ3) is 5.33. The molecule has 28 heavy (non-hydrogen) atoms. The van der Waals surface area contributed by atoms with Crippen molar-refractivity contribution < 1.29 is 14.3 Å². The maximum Gasteiger partial charge on any atom is 0.349 e. The molecule has 0 fully saturated rings. The average molecular weight is 369 g/mol. The number of rotatable bonds is 6. The van der Waals surface area contributed by atoms with Gasteiger partial charge in [0.05, 0.1) is 11.6 Å². The highest BCUT2D eigenvalue weighted by atomic mass is 16.6. The van der Waals surface area contributed by atoms with E-state index in [2.05, 4.69) is 6.07 Å². The summed E-state index contributed by atoms with van der Waals surface area (Å²) in [5, 5.41) is 9.43. The van der Waals surface area contributed by atoms with Crippen LogP contribution in [0.15, 0.2) is 78.9 Å². The van der Waals surface area contributed by atoms with Gasteiger partial charge in [-0.2, -0.15) is 5.26 Å². The van der Waals surface area contributed by atoms with Crippen LogP contribution in [0.4, 0.5) is 0 Å². The Morgan fingerprint density at radius 3 is 2.43 bits per heavy atom. The molecular formula is C24H19NO3. The van der Waals surface area contributed by atoms with Gasteiger partial charge in [-0.1, -0.05) is 60.2 Å². The molecule has 0 heterocycles. The number of nitrogens with zero attached hydrogens (tertiary/aromatic N) is 1. The molecule has 0 aromatic heterocycles. The van der Waals surface area contributed by atoms with Crippen LogP contribution in [0.2, 0.25) is 0 Å². The van der Waals surface area contributed by atoms with Gasteiger partial charge in [-0.25, -0.2) is 4.79 Å². The zero-order chi connectivity index (χ0) is 19.8. The first-order valence-corrected chi connectivity index (χ1v) is 8.81. The summed E-state index contributed by atoms with van der Waals surface area (Å²) in [6.07, 6.45) is 1.76. The molecule has 0 spiro atoms. The minimum Gasteiger partial charge on any atom is -0.482 e. The monoisotopic (exact) mass is 369 g/mol. The first-order valence-electron chi connectivity index (χ1n) is 8.81. The molecule has 0 N–H and O–H groups in total. The summed E-state index contributed by atoms with van der Waals surface area (Å²) in [5.41, 5.74) is 3.25. The number of benzene rings is 3. The first kappa shape index (κ1) is 18.9. The van der Waals surface area contributed by atoms with Crippen LogP contribution >= 0.6 is 0 Å². The Hall–Kier alpha value is -3.84. The van der Waals surface area contributed by atoms with Crippen molar-refractivity contribution in [3.63, 3.8) is 0 Å². The van der Waals surface area contributed by atoms with Gasteiger partial charge in [0.2, 0.25) is 0 Å².